The third-order valence-corrected chi connectivity index (χ3v) is 5.34. The van der Waals surface area contributed by atoms with Crippen LogP contribution in [0, 0.1) is 12.7 Å². The Morgan fingerprint density at radius 2 is 1.70 bits per heavy atom. The molecule has 1 aliphatic carbocycles. The van der Waals surface area contributed by atoms with E-state index in [-0.39, 0.29) is 11.6 Å². The van der Waals surface area contributed by atoms with Crippen molar-refractivity contribution in [2.24, 2.45) is 5.10 Å². The van der Waals surface area contributed by atoms with Crippen molar-refractivity contribution in [1.82, 2.24) is 10.9 Å². The van der Waals surface area contributed by atoms with Gasteiger partial charge >= 0.3 is 5.91 Å². The first-order valence-corrected chi connectivity index (χ1v) is 10.4. The lowest BCUT2D eigenvalue weighted by molar-refractivity contribution is 0.0829. The molecule has 1 aliphatic rings. The van der Waals surface area contributed by atoms with Gasteiger partial charge in [0.15, 0.2) is 5.76 Å². The fraction of sp³-hybridized carbons (Fsp3) is 0.208. The SMILES string of the molecule is COc1ccc(C(=O)NNC(=O)c2oc3c(c2C)/C(=N/Nc2ccc(F)cc2)CCC3)cc1. The van der Waals surface area contributed by atoms with Gasteiger partial charge in [-0.3, -0.25) is 25.9 Å². The van der Waals surface area contributed by atoms with Gasteiger partial charge in [0, 0.05) is 23.1 Å². The Morgan fingerprint density at radius 1 is 1.00 bits per heavy atom. The van der Waals surface area contributed by atoms with E-state index >= 15 is 0 Å². The summed E-state index contributed by atoms with van der Waals surface area (Å²) in [6, 6.07) is 12.4. The number of nitrogens with zero attached hydrogens (tertiary/aromatic N) is 1. The summed E-state index contributed by atoms with van der Waals surface area (Å²) in [5.74, 6) is 0.0594. The van der Waals surface area contributed by atoms with Gasteiger partial charge in [-0.15, -0.1) is 0 Å². The minimum Gasteiger partial charge on any atom is -0.497 e. The van der Waals surface area contributed by atoms with E-state index in [0.29, 0.717) is 41.2 Å². The number of hydrogen-bond donors (Lipinski definition) is 3. The number of hydrogen-bond acceptors (Lipinski definition) is 6. The molecule has 0 unspecified atom stereocenters. The third-order valence-electron chi connectivity index (χ3n) is 5.34. The maximum absolute atomic E-state index is 13.1. The molecule has 0 radical (unpaired) electrons. The van der Waals surface area contributed by atoms with Crippen molar-refractivity contribution in [3.05, 3.63) is 82.6 Å². The number of hydrazine groups is 1. The van der Waals surface area contributed by atoms with E-state index in [4.69, 9.17) is 9.15 Å². The predicted molar refractivity (Wildman–Crippen MR) is 121 cm³/mol. The molecule has 2 aromatic carbocycles. The summed E-state index contributed by atoms with van der Waals surface area (Å²) in [7, 11) is 1.54. The number of methoxy groups -OCH3 is 1. The molecule has 1 aromatic heterocycles. The molecule has 3 aromatic rings. The summed E-state index contributed by atoms with van der Waals surface area (Å²) < 4.78 is 24.0. The van der Waals surface area contributed by atoms with Gasteiger partial charge in [0.05, 0.1) is 18.5 Å². The van der Waals surface area contributed by atoms with Crippen LogP contribution in [0.1, 0.15) is 50.6 Å². The summed E-state index contributed by atoms with van der Waals surface area (Å²) in [4.78, 5) is 25.0. The second kappa shape index (κ2) is 9.56. The van der Waals surface area contributed by atoms with Crippen LogP contribution in [-0.4, -0.2) is 24.6 Å². The van der Waals surface area contributed by atoms with Crippen LogP contribution in [0.4, 0.5) is 10.1 Å². The molecule has 8 nitrogen and oxygen atoms in total. The molecule has 170 valence electrons. The lowest BCUT2D eigenvalue weighted by atomic mass is 9.93. The van der Waals surface area contributed by atoms with Crippen molar-refractivity contribution < 1.29 is 23.1 Å². The molecule has 0 saturated carbocycles. The van der Waals surface area contributed by atoms with Crippen LogP contribution in [0.5, 0.6) is 5.75 Å². The molecule has 0 saturated heterocycles. The Hall–Kier alpha value is -4.14. The molecular formula is C24H23FN4O4. The quantitative estimate of drug-likeness (QED) is 0.511. The van der Waals surface area contributed by atoms with E-state index in [1.807, 2.05) is 0 Å². The maximum Gasteiger partial charge on any atom is 0.305 e. The van der Waals surface area contributed by atoms with Crippen molar-refractivity contribution >= 4 is 23.2 Å². The average Bonchev–Trinajstić information content (AvgIpc) is 3.19. The number of benzene rings is 2. The van der Waals surface area contributed by atoms with Crippen LogP contribution in [0.15, 0.2) is 58.0 Å². The molecule has 1 heterocycles. The first kappa shape index (κ1) is 22.1. The van der Waals surface area contributed by atoms with Gasteiger partial charge in [-0.1, -0.05) is 0 Å². The molecule has 0 aliphatic heterocycles. The largest absolute Gasteiger partial charge is 0.497 e. The summed E-state index contributed by atoms with van der Waals surface area (Å²) >= 11 is 0. The van der Waals surface area contributed by atoms with Crippen molar-refractivity contribution in [3.63, 3.8) is 0 Å². The van der Waals surface area contributed by atoms with Crippen LogP contribution < -0.4 is 21.0 Å². The molecule has 0 fully saturated rings. The number of nitrogens with one attached hydrogen (secondary N) is 3. The standard InChI is InChI=1S/C24H23FN4O4/c1-14-21-19(27-26-17-10-8-16(25)9-11-17)4-3-5-20(21)33-22(14)24(31)29-28-23(30)15-6-12-18(32-2)13-7-15/h6-13,26H,3-5H2,1-2H3,(H,28,30)(H,29,31)/b27-19+. The molecule has 0 bridgehead atoms. The Morgan fingerprint density at radius 3 is 2.39 bits per heavy atom. The highest BCUT2D eigenvalue weighted by Gasteiger charge is 2.28. The second-order valence-corrected chi connectivity index (χ2v) is 7.52. The minimum absolute atomic E-state index is 0.117. The van der Waals surface area contributed by atoms with E-state index in [2.05, 4.69) is 21.4 Å². The molecule has 4 rings (SSSR count). The van der Waals surface area contributed by atoms with Crippen LogP contribution in [-0.2, 0) is 6.42 Å². The van der Waals surface area contributed by atoms with Gasteiger partial charge < -0.3 is 9.15 Å². The van der Waals surface area contributed by atoms with E-state index in [9.17, 15) is 14.0 Å². The fourth-order valence-electron chi connectivity index (χ4n) is 3.64. The topological polar surface area (TPSA) is 105 Å². The number of furan rings is 1. The number of fused-ring (bicyclic) bond motifs is 1. The molecule has 2 amide bonds. The lowest BCUT2D eigenvalue weighted by Crippen LogP contribution is -2.41. The Bertz CT molecular complexity index is 1200. The normalized spacial score (nSPS) is 13.8. The zero-order chi connectivity index (χ0) is 23.4. The Labute approximate surface area is 189 Å². The van der Waals surface area contributed by atoms with Crippen molar-refractivity contribution in [3.8, 4) is 5.75 Å². The number of rotatable bonds is 5. The molecule has 3 N–H and O–H groups in total. The van der Waals surface area contributed by atoms with Crippen molar-refractivity contribution in [2.75, 3.05) is 12.5 Å². The zero-order valence-electron chi connectivity index (χ0n) is 18.2. The number of anilines is 1. The number of amides is 2. The summed E-state index contributed by atoms with van der Waals surface area (Å²) in [5, 5.41) is 4.46. The average molecular weight is 450 g/mol. The zero-order valence-corrected chi connectivity index (χ0v) is 18.2. The van der Waals surface area contributed by atoms with E-state index < -0.39 is 11.8 Å². The number of ether oxygens (including phenoxy) is 1. The van der Waals surface area contributed by atoms with Gasteiger partial charge in [0.1, 0.15) is 17.3 Å². The van der Waals surface area contributed by atoms with Crippen LogP contribution in [0.2, 0.25) is 0 Å². The van der Waals surface area contributed by atoms with E-state index in [1.165, 1.54) is 19.2 Å². The fourth-order valence-corrected chi connectivity index (χ4v) is 3.64. The number of carbonyl (C=O) groups is 2. The summed E-state index contributed by atoms with van der Waals surface area (Å²) in [6.45, 7) is 1.78. The molecule has 33 heavy (non-hydrogen) atoms. The second-order valence-electron chi connectivity index (χ2n) is 7.52. The first-order valence-electron chi connectivity index (χ1n) is 10.4. The number of halogens is 1. The van der Waals surface area contributed by atoms with Gasteiger partial charge in [0.25, 0.3) is 5.91 Å². The highest BCUT2D eigenvalue weighted by atomic mass is 19.1. The lowest BCUT2D eigenvalue weighted by Gasteiger charge is -2.13. The molecule has 9 heteroatoms. The monoisotopic (exact) mass is 450 g/mol. The van der Waals surface area contributed by atoms with Crippen LogP contribution in [0.25, 0.3) is 0 Å². The van der Waals surface area contributed by atoms with Gasteiger partial charge in [-0.05, 0) is 68.3 Å². The van der Waals surface area contributed by atoms with Gasteiger partial charge in [-0.25, -0.2) is 4.39 Å². The van der Waals surface area contributed by atoms with Crippen LogP contribution in [0.3, 0.4) is 0 Å². The highest BCUT2D eigenvalue weighted by Crippen LogP contribution is 2.30. The molecule has 0 atom stereocenters. The van der Waals surface area contributed by atoms with Crippen molar-refractivity contribution in [2.45, 2.75) is 26.2 Å². The van der Waals surface area contributed by atoms with E-state index in [0.717, 1.165) is 17.7 Å². The van der Waals surface area contributed by atoms with Gasteiger partial charge in [0.2, 0.25) is 0 Å². The Balaban J connectivity index is 1.46. The maximum atomic E-state index is 13.1. The molecular weight excluding hydrogens is 427 g/mol. The summed E-state index contributed by atoms with van der Waals surface area (Å²) in [5.41, 5.74) is 10.9. The van der Waals surface area contributed by atoms with Crippen LogP contribution >= 0.6 is 0 Å². The molecule has 0 spiro atoms. The first-order chi connectivity index (χ1) is 16.0. The number of carbonyl (C=O) groups excluding carboxylic acids is 2. The third kappa shape index (κ3) is 4.87. The van der Waals surface area contributed by atoms with Crippen molar-refractivity contribution in [1.29, 1.82) is 0 Å². The minimum atomic E-state index is -0.561. The highest BCUT2D eigenvalue weighted by molar-refractivity contribution is 6.07. The smallest absolute Gasteiger partial charge is 0.305 e. The predicted octanol–water partition coefficient (Wildman–Crippen LogP) is 3.96. The van der Waals surface area contributed by atoms with Gasteiger partial charge in [-0.2, -0.15) is 5.10 Å². The number of hydrazone groups is 1. The Kier molecular flexibility index (Phi) is 6.39. The summed E-state index contributed by atoms with van der Waals surface area (Å²) in [6.07, 6.45) is 2.20. The number of aryl methyl sites for hydroxylation is 1. The van der Waals surface area contributed by atoms with E-state index in [1.54, 1.807) is 43.3 Å².